The Bertz CT molecular complexity index is 1300. The highest BCUT2D eigenvalue weighted by molar-refractivity contribution is 14.1. The molecule has 9 heteroatoms. The minimum atomic E-state index is -0.247. The number of thiophene rings is 1. The first-order valence-corrected chi connectivity index (χ1v) is 11.3. The number of hydrogen-bond donors (Lipinski definition) is 1. The highest BCUT2D eigenvalue weighted by Gasteiger charge is 2.09. The summed E-state index contributed by atoms with van der Waals surface area (Å²) in [5, 5.41) is 2.90. The lowest BCUT2D eigenvalue weighted by Crippen LogP contribution is -2.21. The van der Waals surface area contributed by atoms with E-state index in [0.29, 0.717) is 16.9 Å². The lowest BCUT2D eigenvalue weighted by atomic mass is 10.2. The molecule has 0 fully saturated rings. The van der Waals surface area contributed by atoms with Crippen LogP contribution in [0.3, 0.4) is 0 Å². The third-order valence-corrected chi connectivity index (χ3v) is 6.29. The maximum atomic E-state index is 12.2. The number of nitrogens with one attached hydrogen (secondary N) is 1. The fraction of sp³-hybridized carbons (Fsp3) is 0.0909. The van der Waals surface area contributed by atoms with Crippen LogP contribution in [-0.2, 0) is 11.3 Å². The molecule has 0 spiro atoms. The van der Waals surface area contributed by atoms with Crippen LogP contribution in [0.4, 0.5) is 0 Å². The van der Waals surface area contributed by atoms with Crippen molar-refractivity contribution in [2.75, 3.05) is 0 Å². The molecule has 0 radical (unpaired) electrons. The summed E-state index contributed by atoms with van der Waals surface area (Å²) in [6.45, 7) is 1.79. The smallest absolute Gasteiger partial charge is 0.261 e. The standard InChI is InChI=1S/C22H18IN5O2S/c1-15(29)26-21-4-2-3-11-28(21)18-7-5-17(6-8-18)27-13-16(25-14-27)12-24-22(30)19-9-10-20(23)31-19/h2-11,13-14H,12H2,1H3,(H,24,30)/b26-21+. The largest absolute Gasteiger partial charge is 0.346 e. The van der Waals surface area contributed by atoms with E-state index in [4.69, 9.17) is 0 Å². The monoisotopic (exact) mass is 543 g/mol. The first-order chi connectivity index (χ1) is 15.0. The van der Waals surface area contributed by atoms with E-state index < -0.39 is 0 Å². The van der Waals surface area contributed by atoms with E-state index in [-0.39, 0.29) is 11.8 Å². The third-order valence-electron chi connectivity index (χ3n) is 4.40. The molecule has 4 aromatic rings. The molecule has 0 saturated heterocycles. The number of carbonyl (C=O) groups is 2. The minimum Gasteiger partial charge on any atom is -0.346 e. The van der Waals surface area contributed by atoms with E-state index in [1.807, 2.05) is 70.1 Å². The van der Waals surface area contributed by atoms with Gasteiger partial charge in [-0.1, -0.05) is 6.07 Å². The molecule has 156 valence electrons. The normalized spacial score (nSPS) is 11.5. The van der Waals surface area contributed by atoms with E-state index in [9.17, 15) is 9.59 Å². The van der Waals surface area contributed by atoms with Crippen LogP contribution in [0.1, 0.15) is 22.3 Å². The zero-order chi connectivity index (χ0) is 21.8. The molecule has 0 aliphatic rings. The molecule has 31 heavy (non-hydrogen) atoms. The van der Waals surface area contributed by atoms with Gasteiger partial charge in [0.25, 0.3) is 5.91 Å². The van der Waals surface area contributed by atoms with Crippen molar-refractivity contribution < 1.29 is 9.59 Å². The van der Waals surface area contributed by atoms with Gasteiger partial charge >= 0.3 is 0 Å². The van der Waals surface area contributed by atoms with Crippen molar-refractivity contribution in [1.29, 1.82) is 0 Å². The van der Waals surface area contributed by atoms with Crippen LogP contribution in [0.2, 0.25) is 0 Å². The Morgan fingerprint density at radius 1 is 1.10 bits per heavy atom. The number of halogens is 1. The van der Waals surface area contributed by atoms with Crippen molar-refractivity contribution in [3.8, 4) is 11.4 Å². The number of rotatable bonds is 5. The van der Waals surface area contributed by atoms with Gasteiger partial charge in [0.15, 0.2) is 0 Å². The molecule has 0 aliphatic carbocycles. The van der Waals surface area contributed by atoms with Crippen molar-refractivity contribution in [2.24, 2.45) is 4.99 Å². The first-order valence-electron chi connectivity index (χ1n) is 9.40. The van der Waals surface area contributed by atoms with Gasteiger partial charge in [-0.2, -0.15) is 4.99 Å². The molecule has 1 aromatic carbocycles. The Balaban J connectivity index is 1.48. The molecule has 7 nitrogen and oxygen atoms in total. The Labute approximate surface area is 196 Å². The molecule has 1 N–H and O–H groups in total. The predicted octanol–water partition coefficient (Wildman–Crippen LogP) is 3.71. The maximum absolute atomic E-state index is 12.2. The summed E-state index contributed by atoms with van der Waals surface area (Å²) in [7, 11) is 0. The van der Waals surface area contributed by atoms with Crippen LogP contribution >= 0.6 is 33.9 Å². The second-order valence-corrected chi connectivity index (χ2v) is 9.61. The molecular formula is C22H18IN5O2S. The van der Waals surface area contributed by atoms with Gasteiger partial charge in [-0.25, -0.2) is 4.98 Å². The van der Waals surface area contributed by atoms with E-state index in [1.54, 1.807) is 12.4 Å². The number of aromatic nitrogens is 3. The molecule has 0 atom stereocenters. The van der Waals surface area contributed by atoms with Gasteiger partial charge in [-0.05, 0) is 71.1 Å². The highest BCUT2D eigenvalue weighted by Crippen LogP contribution is 2.18. The van der Waals surface area contributed by atoms with E-state index in [1.165, 1.54) is 18.3 Å². The second kappa shape index (κ2) is 9.40. The fourth-order valence-electron chi connectivity index (χ4n) is 2.98. The van der Waals surface area contributed by atoms with Gasteiger partial charge in [-0.3, -0.25) is 9.59 Å². The van der Waals surface area contributed by atoms with Crippen LogP contribution in [0.15, 0.2) is 78.3 Å². The van der Waals surface area contributed by atoms with Gasteiger partial charge in [-0.15, -0.1) is 11.3 Å². The minimum absolute atomic E-state index is 0.0986. The summed E-state index contributed by atoms with van der Waals surface area (Å²) in [6.07, 6.45) is 5.47. The Morgan fingerprint density at radius 2 is 1.87 bits per heavy atom. The fourth-order valence-corrected chi connectivity index (χ4v) is 4.52. The van der Waals surface area contributed by atoms with Crippen molar-refractivity contribution >= 4 is 45.7 Å². The van der Waals surface area contributed by atoms with E-state index in [0.717, 1.165) is 20.0 Å². The number of benzene rings is 1. The first kappa shape index (κ1) is 21.2. The number of pyridine rings is 1. The zero-order valence-corrected chi connectivity index (χ0v) is 19.5. The number of amides is 2. The van der Waals surface area contributed by atoms with Crippen molar-refractivity contribution in [1.82, 2.24) is 19.4 Å². The molecular weight excluding hydrogens is 525 g/mol. The molecule has 4 rings (SSSR count). The van der Waals surface area contributed by atoms with Crippen LogP contribution in [0.5, 0.6) is 0 Å². The number of imidazole rings is 1. The lowest BCUT2D eigenvalue weighted by molar-refractivity contribution is -0.116. The molecule has 0 unspecified atom stereocenters. The molecule has 0 aliphatic heterocycles. The van der Waals surface area contributed by atoms with Crippen molar-refractivity contribution in [3.05, 3.63) is 92.3 Å². The van der Waals surface area contributed by atoms with E-state index in [2.05, 4.69) is 37.9 Å². The summed E-state index contributed by atoms with van der Waals surface area (Å²) >= 11 is 3.66. The molecule has 3 aromatic heterocycles. The summed E-state index contributed by atoms with van der Waals surface area (Å²) in [4.78, 5) is 32.7. The van der Waals surface area contributed by atoms with Gasteiger partial charge in [0.2, 0.25) is 5.91 Å². The zero-order valence-electron chi connectivity index (χ0n) is 16.5. The lowest BCUT2D eigenvalue weighted by Gasteiger charge is -2.09. The SMILES string of the molecule is CC(=O)/N=c1\ccccn1-c1ccc(-n2cnc(CNC(=O)c3ccc(I)s3)c2)cc1. The van der Waals surface area contributed by atoms with Crippen molar-refractivity contribution in [3.63, 3.8) is 0 Å². The van der Waals surface area contributed by atoms with Gasteiger partial charge in [0.1, 0.15) is 5.49 Å². The molecule has 0 bridgehead atoms. The van der Waals surface area contributed by atoms with Crippen LogP contribution in [-0.4, -0.2) is 25.9 Å². The summed E-state index contributed by atoms with van der Waals surface area (Å²) in [5.41, 5.74) is 3.17. The van der Waals surface area contributed by atoms with Crippen LogP contribution in [0.25, 0.3) is 11.4 Å². The van der Waals surface area contributed by atoms with E-state index >= 15 is 0 Å². The molecule has 0 saturated carbocycles. The Hall–Kier alpha value is -3.05. The Kier molecular flexibility index (Phi) is 6.42. The van der Waals surface area contributed by atoms with Crippen LogP contribution in [0, 0.1) is 2.88 Å². The molecule has 2 amide bonds. The quantitative estimate of drug-likeness (QED) is 0.390. The predicted molar refractivity (Wildman–Crippen MR) is 127 cm³/mol. The number of hydrogen-bond acceptors (Lipinski definition) is 4. The number of carbonyl (C=O) groups excluding carboxylic acids is 2. The van der Waals surface area contributed by atoms with Gasteiger partial charge in [0, 0.05) is 30.7 Å². The Morgan fingerprint density at radius 3 is 2.58 bits per heavy atom. The summed E-state index contributed by atoms with van der Waals surface area (Å²) in [5.74, 6) is -0.345. The average Bonchev–Trinajstić information content (AvgIpc) is 3.41. The average molecular weight is 543 g/mol. The topological polar surface area (TPSA) is 81.3 Å². The molecule has 3 heterocycles. The van der Waals surface area contributed by atoms with Crippen molar-refractivity contribution in [2.45, 2.75) is 13.5 Å². The van der Waals surface area contributed by atoms with Gasteiger partial charge < -0.3 is 14.5 Å². The third kappa shape index (κ3) is 5.17. The summed E-state index contributed by atoms with van der Waals surface area (Å²) in [6, 6.07) is 17.1. The highest BCUT2D eigenvalue weighted by atomic mass is 127. The van der Waals surface area contributed by atoms with Gasteiger partial charge in [0.05, 0.1) is 26.3 Å². The second-order valence-electron chi connectivity index (χ2n) is 6.63. The van der Waals surface area contributed by atoms with Crippen LogP contribution < -0.4 is 10.8 Å². The summed E-state index contributed by atoms with van der Waals surface area (Å²) < 4.78 is 4.83. The number of nitrogens with zero attached hydrogens (tertiary/aromatic N) is 4. The maximum Gasteiger partial charge on any atom is 0.261 e.